The molecule has 1 amide bonds. The zero-order valence-corrected chi connectivity index (χ0v) is 14.5. The summed E-state index contributed by atoms with van der Waals surface area (Å²) in [5, 5.41) is 2.90. The third kappa shape index (κ3) is 6.03. The van der Waals surface area contributed by atoms with E-state index in [-0.39, 0.29) is 5.91 Å². The number of furan rings is 1. The van der Waals surface area contributed by atoms with Crippen LogP contribution in [0.2, 0.25) is 0 Å². The highest BCUT2D eigenvalue weighted by molar-refractivity contribution is 5.77. The van der Waals surface area contributed by atoms with Crippen LogP contribution in [0.1, 0.15) is 24.2 Å². The van der Waals surface area contributed by atoms with Crippen LogP contribution in [0.4, 0.5) is 0 Å². The minimum absolute atomic E-state index is 0.0511. The summed E-state index contributed by atoms with van der Waals surface area (Å²) in [6, 6.07) is 14.0. The van der Waals surface area contributed by atoms with Crippen molar-refractivity contribution in [3.05, 3.63) is 60.1 Å². The topological polar surface area (TPSA) is 54.7 Å². The van der Waals surface area contributed by atoms with Crippen LogP contribution in [0.3, 0.4) is 0 Å². The number of hydrogen-bond acceptors (Lipinski definition) is 4. The second-order valence-corrected chi connectivity index (χ2v) is 6.58. The van der Waals surface area contributed by atoms with E-state index in [1.54, 1.807) is 6.26 Å². The van der Waals surface area contributed by atoms with Crippen molar-refractivity contribution >= 4 is 5.91 Å². The molecule has 1 fully saturated rings. The van der Waals surface area contributed by atoms with Gasteiger partial charge in [0.1, 0.15) is 5.76 Å². The van der Waals surface area contributed by atoms with Crippen LogP contribution in [0.5, 0.6) is 0 Å². The maximum atomic E-state index is 12.0. The van der Waals surface area contributed by atoms with Crippen molar-refractivity contribution in [1.82, 2.24) is 10.2 Å². The van der Waals surface area contributed by atoms with Crippen molar-refractivity contribution in [3.8, 4) is 0 Å². The highest BCUT2D eigenvalue weighted by Crippen LogP contribution is 2.18. The van der Waals surface area contributed by atoms with Gasteiger partial charge in [-0.05, 0) is 49.5 Å². The van der Waals surface area contributed by atoms with Crippen LogP contribution in [0.25, 0.3) is 0 Å². The molecule has 0 atom stereocenters. The number of nitrogens with zero attached hydrogens (tertiary/aromatic N) is 1. The van der Waals surface area contributed by atoms with E-state index in [4.69, 9.17) is 9.15 Å². The Morgan fingerprint density at radius 2 is 1.96 bits per heavy atom. The predicted molar refractivity (Wildman–Crippen MR) is 95.8 cm³/mol. The van der Waals surface area contributed by atoms with Crippen LogP contribution in [-0.4, -0.2) is 37.0 Å². The van der Waals surface area contributed by atoms with Gasteiger partial charge >= 0.3 is 0 Å². The van der Waals surface area contributed by atoms with E-state index in [0.717, 1.165) is 38.3 Å². The highest BCUT2D eigenvalue weighted by atomic mass is 16.5. The summed E-state index contributed by atoms with van der Waals surface area (Å²) >= 11 is 0. The monoisotopic (exact) mass is 342 g/mol. The zero-order chi connectivity index (χ0) is 17.3. The number of amides is 1. The number of rotatable bonds is 8. The maximum absolute atomic E-state index is 12.0. The number of piperidine rings is 1. The quantitative estimate of drug-likeness (QED) is 0.801. The molecular weight excluding hydrogens is 316 g/mol. The second-order valence-electron chi connectivity index (χ2n) is 6.58. The fourth-order valence-corrected chi connectivity index (χ4v) is 3.09. The Balaban J connectivity index is 1.28. The molecule has 0 aliphatic carbocycles. The lowest BCUT2D eigenvalue weighted by Crippen LogP contribution is -2.41. The second kappa shape index (κ2) is 9.39. The number of likely N-dealkylation sites (tertiary alicyclic amines) is 1. The molecule has 1 aliphatic heterocycles. The maximum Gasteiger partial charge on any atom is 0.234 e. The van der Waals surface area contributed by atoms with E-state index in [1.165, 1.54) is 5.56 Å². The van der Waals surface area contributed by atoms with Crippen molar-refractivity contribution in [1.29, 1.82) is 0 Å². The Morgan fingerprint density at radius 3 is 2.68 bits per heavy atom. The molecule has 1 saturated heterocycles. The molecule has 5 heteroatoms. The molecule has 2 heterocycles. The molecule has 3 rings (SSSR count). The molecule has 1 aromatic heterocycles. The molecule has 0 spiro atoms. The first-order chi connectivity index (χ1) is 12.3. The van der Waals surface area contributed by atoms with Gasteiger partial charge in [-0.25, -0.2) is 0 Å². The molecule has 25 heavy (non-hydrogen) atoms. The van der Waals surface area contributed by atoms with E-state index in [9.17, 15) is 4.79 Å². The summed E-state index contributed by atoms with van der Waals surface area (Å²) in [7, 11) is 0. The highest BCUT2D eigenvalue weighted by Gasteiger charge is 2.21. The fraction of sp³-hybridized carbons (Fsp3) is 0.450. The van der Waals surface area contributed by atoms with Gasteiger partial charge in [-0.1, -0.05) is 30.3 Å². The molecule has 2 aromatic rings. The van der Waals surface area contributed by atoms with Crippen molar-refractivity contribution in [2.75, 3.05) is 26.2 Å². The number of carbonyl (C=O) groups is 1. The minimum atomic E-state index is 0.0511. The van der Waals surface area contributed by atoms with Gasteiger partial charge in [-0.3, -0.25) is 9.69 Å². The molecule has 5 nitrogen and oxygen atoms in total. The van der Waals surface area contributed by atoms with Crippen LogP contribution in [0.15, 0.2) is 53.1 Å². The number of nitrogens with one attached hydrogen (secondary N) is 1. The molecular formula is C20H26N2O3. The summed E-state index contributed by atoms with van der Waals surface area (Å²) in [5.41, 5.74) is 1.22. The first-order valence-corrected chi connectivity index (χ1v) is 8.92. The Labute approximate surface area is 149 Å². The number of benzene rings is 1. The molecule has 0 bridgehead atoms. The average molecular weight is 342 g/mol. The SMILES string of the molecule is O=C(CN1CCC(COCc2ccccc2)CC1)NCc1ccco1. The lowest BCUT2D eigenvalue weighted by molar-refractivity contribution is -0.122. The smallest absolute Gasteiger partial charge is 0.234 e. The molecule has 1 aliphatic rings. The van der Waals surface area contributed by atoms with Crippen LogP contribution in [-0.2, 0) is 22.7 Å². The lowest BCUT2D eigenvalue weighted by Gasteiger charge is -2.31. The number of ether oxygens (including phenoxy) is 1. The van der Waals surface area contributed by atoms with Gasteiger partial charge in [-0.2, -0.15) is 0 Å². The lowest BCUT2D eigenvalue weighted by atomic mass is 9.98. The van der Waals surface area contributed by atoms with Gasteiger partial charge in [0.25, 0.3) is 0 Å². The third-order valence-electron chi connectivity index (χ3n) is 4.58. The molecule has 0 saturated carbocycles. The first-order valence-electron chi connectivity index (χ1n) is 8.92. The van der Waals surface area contributed by atoms with Crippen molar-refractivity contribution in [2.45, 2.75) is 26.0 Å². The van der Waals surface area contributed by atoms with Gasteiger partial charge in [0.2, 0.25) is 5.91 Å². The largest absolute Gasteiger partial charge is 0.467 e. The predicted octanol–water partition coefficient (Wildman–Crippen LogP) is 2.82. The minimum Gasteiger partial charge on any atom is -0.467 e. The third-order valence-corrected chi connectivity index (χ3v) is 4.58. The van der Waals surface area contributed by atoms with Crippen molar-refractivity contribution < 1.29 is 13.9 Å². The summed E-state index contributed by atoms with van der Waals surface area (Å²) in [6.07, 6.45) is 3.78. The van der Waals surface area contributed by atoms with Crippen LogP contribution >= 0.6 is 0 Å². The van der Waals surface area contributed by atoms with Gasteiger partial charge in [0.15, 0.2) is 0 Å². The van der Waals surface area contributed by atoms with Gasteiger partial charge in [-0.15, -0.1) is 0 Å². The summed E-state index contributed by atoms with van der Waals surface area (Å²) in [5.74, 6) is 1.42. The normalized spacial score (nSPS) is 16.0. The zero-order valence-electron chi connectivity index (χ0n) is 14.5. The van der Waals surface area contributed by atoms with E-state index in [1.807, 2.05) is 30.3 Å². The summed E-state index contributed by atoms with van der Waals surface area (Å²) in [4.78, 5) is 14.2. The van der Waals surface area contributed by atoms with E-state index >= 15 is 0 Å². The fourth-order valence-electron chi connectivity index (χ4n) is 3.09. The number of carbonyl (C=O) groups excluding carboxylic acids is 1. The molecule has 0 radical (unpaired) electrons. The molecule has 0 unspecified atom stereocenters. The Hall–Kier alpha value is -2.11. The molecule has 1 aromatic carbocycles. The average Bonchev–Trinajstić information content (AvgIpc) is 3.16. The Kier molecular flexibility index (Phi) is 6.65. The molecule has 134 valence electrons. The van der Waals surface area contributed by atoms with Gasteiger partial charge in [0.05, 0.1) is 26.0 Å². The van der Waals surface area contributed by atoms with Crippen LogP contribution < -0.4 is 5.32 Å². The first kappa shape index (κ1) is 17.7. The summed E-state index contributed by atoms with van der Waals surface area (Å²) in [6.45, 7) is 4.29. The van der Waals surface area contributed by atoms with E-state index in [0.29, 0.717) is 25.6 Å². The van der Waals surface area contributed by atoms with Gasteiger partial charge < -0.3 is 14.5 Å². The Bertz CT molecular complexity index is 620. The van der Waals surface area contributed by atoms with E-state index in [2.05, 4.69) is 22.3 Å². The van der Waals surface area contributed by atoms with Crippen LogP contribution in [0, 0.1) is 5.92 Å². The standard InChI is InChI=1S/C20H26N2O3/c23-20(21-13-19-7-4-12-25-19)14-22-10-8-18(9-11-22)16-24-15-17-5-2-1-3-6-17/h1-7,12,18H,8-11,13-16H2,(H,21,23). The number of hydrogen-bond donors (Lipinski definition) is 1. The van der Waals surface area contributed by atoms with E-state index < -0.39 is 0 Å². The summed E-state index contributed by atoms with van der Waals surface area (Å²) < 4.78 is 11.1. The van der Waals surface area contributed by atoms with Gasteiger partial charge in [0, 0.05) is 6.61 Å². The molecule has 1 N–H and O–H groups in total. The Morgan fingerprint density at radius 1 is 1.16 bits per heavy atom. The van der Waals surface area contributed by atoms with Crippen molar-refractivity contribution in [3.63, 3.8) is 0 Å². The van der Waals surface area contributed by atoms with Crippen molar-refractivity contribution in [2.24, 2.45) is 5.92 Å².